The normalized spacial score (nSPS) is 12.5. The van der Waals surface area contributed by atoms with Crippen LogP contribution in [0.4, 0.5) is 0 Å². The van der Waals surface area contributed by atoms with Crippen LogP contribution in [0.3, 0.4) is 0 Å². The molecule has 0 radical (unpaired) electrons. The van der Waals surface area contributed by atoms with Crippen LogP contribution >= 0.6 is 131 Å². The predicted molar refractivity (Wildman–Crippen MR) is 483 cm³/mol. The van der Waals surface area contributed by atoms with Gasteiger partial charge < -0.3 is 0 Å². The van der Waals surface area contributed by atoms with E-state index < -0.39 is 0 Å². The molecule has 108 heavy (non-hydrogen) atoms. The predicted octanol–water partition coefficient (Wildman–Crippen LogP) is 32.7. The summed E-state index contributed by atoms with van der Waals surface area (Å²) in [5.41, 5.74) is 24.8. The standard InChI is InChI=1S/3C17H11Br.3C16H9BrS/c18-16-9-3-7-13-14-8-2-5-11-4-1-6-12(17(11)14)10-15(13)16;18-14-8-7-12-9-13-5-1-3-11-4-2-6-15(17(11)13)16(12)10-14;18-14-7-8-15-13(10-14)9-12-5-1-3-11-4-2-6-16(15)17(11)12;17-13-8-3-7-12-11-6-1-4-10-5-2-9-14(15(10)11)18-16(12)13;17-11-7-8-12-13-5-1-3-10-4-2-6-14(16(10)13)18-15(12)9-11;17-11-7-8-14-13(9-11)12-5-1-3-10-4-2-6-15(18-14)16(10)12/h1-9H,10H2;2*1-8,10H,9H2;3*1-9H. The van der Waals surface area contributed by atoms with Crippen LogP contribution in [0.2, 0.25) is 0 Å². The van der Waals surface area contributed by atoms with Crippen LogP contribution in [-0.2, 0) is 19.3 Å². The topological polar surface area (TPSA) is 0 Å². The number of rotatable bonds is 0. The van der Waals surface area contributed by atoms with E-state index in [2.05, 4.69) is 423 Å². The SMILES string of the molecule is Brc1ccc2c(c1)-c1cccc3cccc(c13)C2.Brc1ccc2c(c1)-c1cccc3cccc(c13)S2.Brc1ccc2c(c1)Cc1cccc3cccc-2c13.Brc1ccc2c(c1)Sc1cccc3cccc-2c13.Brc1cccc2c1Cc1cccc3cccc-2c13.Brc1cccc2c1Sc1cccc3cccc-2c13. The molecule has 24 rings (SSSR count). The summed E-state index contributed by atoms with van der Waals surface area (Å²) in [5.74, 6) is 0. The minimum Gasteiger partial charge on any atom is -0.0888 e. The van der Waals surface area contributed by atoms with Gasteiger partial charge in [-0.15, -0.1) is 0 Å². The molecule has 0 saturated carbocycles. The molecule has 3 heterocycles. The molecule has 0 bridgehead atoms. The van der Waals surface area contributed by atoms with E-state index >= 15 is 0 Å². The highest BCUT2D eigenvalue weighted by atomic mass is 79.9. The molecule has 0 saturated heterocycles. The molecule has 0 N–H and O–H groups in total. The van der Waals surface area contributed by atoms with Gasteiger partial charge in [-0.25, -0.2) is 0 Å². The maximum Gasteiger partial charge on any atom is 0.0343 e. The Morgan fingerprint density at radius 2 is 0.537 bits per heavy atom. The van der Waals surface area contributed by atoms with Crippen LogP contribution < -0.4 is 0 Å². The first-order valence-electron chi connectivity index (χ1n) is 35.8. The first-order chi connectivity index (χ1) is 53.0. The second-order valence-electron chi connectivity index (χ2n) is 27.5. The molecule has 9 heteroatoms. The van der Waals surface area contributed by atoms with Crippen LogP contribution in [0.1, 0.15) is 33.4 Å². The molecule has 0 atom stereocenters. The third-order valence-corrected chi connectivity index (χ3v) is 28.3. The average molecular weight is 1830 g/mol. The van der Waals surface area contributed by atoms with E-state index in [-0.39, 0.29) is 0 Å². The molecule has 0 aromatic heterocycles. The molecule has 0 amide bonds. The second-order valence-corrected chi connectivity index (χ2v) is 36.1. The molecule has 6 aliphatic rings. The lowest BCUT2D eigenvalue weighted by Gasteiger charge is -2.21. The van der Waals surface area contributed by atoms with Crippen molar-refractivity contribution in [3.8, 4) is 66.8 Å². The summed E-state index contributed by atoms with van der Waals surface area (Å²) in [4.78, 5) is 8.05. The van der Waals surface area contributed by atoms with E-state index in [1.165, 1.54) is 203 Å². The first kappa shape index (κ1) is 69.9. The van der Waals surface area contributed by atoms with Crippen molar-refractivity contribution in [2.24, 2.45) is 0 Å². The third-order valence-electron chi connectivity index (χ3n) is 21.2. The van der Waals surface area contributed by atoms with Crippen LogP contribution in [0.5, 0.6) is 0 Å². The molecular weight excluding hydrogens is 1760 g/mol. The quantitative estimate of drug-likeness (QED) is 0.149. The smallest absolute Gasteiger partial charge is 0.0343 e. The van der Waals surface area contributed by atoms with Gasteiger partial charge in [0.25, 0.3) is 0 Å². The Bertz CT molecular complexity index is 6210. The van der Waals surface area contributed by atoms with Gasteiger partial charge in [-0.2, -0.15) is 0 Å². The van der Waals surface area contributed by atoms with Gasteiger partial charge in [0.15, 0.2) is 0 Å². The number of hydrogen-bond donors (Lipinski definition) is 0. The summed E-state index contributed by atoms with van der Waals surface area (Å²) < 4.78 is 6.98. The van der Waals surface area contributed by atoms with Crippen molar-refractivity contribution in [3.05, 3.63) is 388 Å². The summed E-state index contributed by atoms with van der Waals surface area (Å²) in [6.45, 7) is 0. The number of fused-ring (bicyclic) bond motifs is 12. The van der Waals surface area contributed by atoms with Gasteiger partial charge in [0.05, 0.1) is 0 Å². The monoisotopic (exact) mass is 1820 g/mol. The van der Waals surface area contributed by atoms with Crippen molar-refractivity contribution >= 4 is 196 Å². The summed E-state index contributed by atoms with van der Waals surface area (Å²) in [6, 6.07) is 118. The van der Waals surface area contributed by atoms with Crippen LogP contribution in [0.15, 0.2) is 384 Å². The zero-order valence-electron chi connectivity index (χ0n) is 57.8. The highest BCUT2D eigenvalue weighted by Crippen LogP contribution is 2.53. The van der Waals surface area contributed by atoms with E-state index in [0.29, 0.717) is 0 Å². The summed E-state index contributed by atoms with van der Waals surface area (Å²) in [6.07, 6.45) is 3.09. The van der Waals surface area contributed by atoms with Crippen molar-refractivity contribution in [1.82, 2.24) is 0 Å². The molecule has 0 nitrogen and oxygen atoms in total. The van der Waals surface area contributed by atoms with Gasteiger partial charge in [0, 0.05) is 72.4 Å². The lowest BCUT2D eigenvalue weighted by molar-refractivity contribution is 1.18. The van der Waals surface area contributed by atoms with E-state index in [9.17, 15) is 0 Å². The molecule has 18 aromatic carbocycles. The molecule has 0 fully saturated rings. The van der Waals surface area contributed by atoms with Crippen molar-refractivity contribution in [2.75, 3.05) is 0 Å². The highest BCUT2D eigenvalue weighted by molar-refractivity contribution is 9.11. The zero-order chi connectivity index (χ0) is 72.7. The number of benzene rings is 18. The Kier molecular flexibility index (Phi) is 19.2. The number of hydrogen-bond acceptors (Lipinski definition) is 3. The summed E-state index contributed by atoms with van der Waals surface area (Å²) >= 11 is 27.2. The van der Waals surface area contributed by atoms with Gasteiger partial charge in [-0.1, -0.05) is 358 Å². The van der Waals surface area contributed by atoms with Crippen molar-refractivity contribution in [1.29, 1.82) is 0 Å². The van der Waals surface area contributed by atoms with Crippen LogP contribution in [-0.4, -0.2) is 0 Å². The van der Waals surface area contributed by atoms with Crippen molar-refractivity contribution < 1.29 is 0 Å². The Labute approximate surface area is 691 Å². The van der Waals surface area contributed by atoms with E-state index in [4.69, 9.17) is 0 Å². The van der Waals surface area contributed by atoms with Gasteiger partial charge >= 0.3 is 0 Å². The maximum absolute atomic E-state index is 3.68. The highest BCUT2D eigenvalue weighted by Gasteiger charge is 2.25. The fourth-order valence-electron chi connectivity index (χ4n) is 16.5. The van der Waals surface area contributed by atoms with Crippen LogP contribution in [0.25, 0.3) is 131 Å². The fraction of sp³-hybridized carbons (Fsp3) is 0.0303. The average Bonchev–Trinajstić information content (AvgIpc) is 0.665. The van der Waals surface area contributed by atoms with Gasteiger partial charge in [-0.3, -0.25) is 0 Å². The number of halogens is 6. The molecule has 3 aliphatic heterocycles. The Morgan fingerprint density at radius 3 is 1.09 bits per heavy atom. The molecule has 516 valence electrons. The molecule has 0 spiro atoms. The van der Waals surface area contributed by atoms with Crippen LogP contribution in [0, 0.1) is 0 Å². The molecule has 0 unspecified atom stereocenters. The molecule has 3 aliphatic carbocycles. The Balaban J connectivity index is 0.0000000882. The summed E-state index contributed by atoms with van der Waals surface area (Å²) in [7, 11) is 0. The van der Waals surface area contributed by atoms with Gasteiger partial charge in [0.2, 0.25) is 0 Å². The minimum absolute atomic E-state index is 1.02. The largest absolute Gasteiger partial charge is 0.0888 e. The van der Waals surface area contributed by atoms with E-state index in [1.807, 2.05) is 35.3 Å². The lowest BCUT2D eigenvalue weighted by Crippen LogP contribution is -2.01. The minimum atomic E-state index is 1.02. The molecular formula is C99H60Br6S3. The van der Waals surface area contributed by atoms with Gasteiger partial charge in [-0.05, 0) is 269 Å². The first-order valence-corrected chi connectivity index (χ1v) is 43.1. The zero-order valence-corrected chi connectivity index (χ0v) is 69.8. The maximum atomic E-state index is 3.68. The van der Waals surface area contributed by atoms with Crippen molar-refractivity contribution in [2.45, 2.75) is 48.6 Å². The fourth-order valence-corrected chi connectivity index (χ4v) is 22.7. The van der Waals surface area contributed by atoms with E-state index in [0.717, 1.165) is 37.2 Å². The Morgan fingerprint density at radius 1 is 0.185 bits per heavy atom. The second kappa shape index (κ2) is 29.7. The van der Waals surface area contributed by atoms with E-state index in [1.54, 1.807) is 0 Å². The molecule has 18 aromatic rings. The summed E-state index contributed by atoms with van der Waals surface area (Å²) in [5, 5.41) is 16.4. The lowest BCUT2D eigenvalue weighted by atomic mass is 9.84. The Hall–Kier alpha value is -8.55. The third kappa shape index (κ3) is 13.1. The van der Waals surface area contributed by atoms with Crippen molar-refractivity contribution in [3.63, 3.8) is 0 Å². The van der Waals surface area contributed by atoms with Gasteiger partial charge in [0.1, 0.15) is 0 Å².